The molecule has 3 aromatic rings. The van der Waals surface area contributed by atoms with Crippen LogP contribution in [0, 0.1) is 0 Å². The average Bonchev–Trinajstić information content (AvgIpc) is 3.52. The molecular formula is C24H28N4O4. The van der Waals surface area contributed by atoms with Crippen LogP contribution in [0.5, 0.6) is 0 Å². The summed E-state index contributed by atoms with van der Waals surface area (Å²) in [5.74, 6) is -1.87. The normalized spacial score (nSPS) is 13.7. The van der Waals surface area contributed by atoms with Crippen molar-refractivity contribution in [2.45, 2.75) is 51.0 Å². The lowest BCUT2D eigenvalue weighted by atomic mass is 9.86. The summed E-state index contributed by atoms with van der Waals surface area (Å²) < 4.78 is 0. The number of hydrogen-bond acceptors (Lipinski definition) is 5. The molecule has 0 saturated heterocycles. The van der Waals surface area contributed by atoms with E-state index in [0.29, 0.717) is 18.1 Å². The molecule has 8 heteroatoms. The SMILES string of the molecule is CCC(N)(CC)c1ccc(-c2ccc3[nH]ncc3c2C2CC2)nc1.O=C(O)/C=C/C(=O)O. The van der Waals surface area contributed by atoms with Crippen molar-refractivity contribution in [1.82, 2.24) is 15.2 Å². The lowest BCUT2D eigenvalue weighted by Crippen LogP contribution is -2.35. The van der Waals surface area contributed by atoms with Gasteiger partial charge in [-0.05, 0) is 54.9 Å². The Morgan fingerprint density at radius 1 is 1.09 bits per heavy atom. The molecule has 32 heavy (non-hydrogen) atoms. The second-order valence-electron chi connectivity index (χ2n) is 7.94. The highest BCUT2D eigenvalue weighted by Crippen LogP contribution is 2.47. The molecule has 8 nitrogen and oxygen atoms in total. The van der Waals surface area contributed by atoms with Crippen LogP contribution in [0.15, 0.2) is 48.8 Å². The molecule has 0 bridgehead atoms. The highest BCUT2D eigenvalue weighted by molar-refractivity contribution is 5.90. The van der Waals surface area contributed by atoms with Gasteiger partial charge in [-0.1, -0.05) is 26.0 Å². The zero-order chi connectivity index (χ0) is 23.3. The molecule has 1 aliphatic carbocycles. The molecule has 0 atom stereocenters. The Bertz CT molecular complexity index is 1110. The number of carboxylic acid groups (broad SMARTS) is 2. The summed E-state index contributed by atoms with van der Waals surface area (Å²) in [5, 5.41) is 24.1. The number of rotatable bonds is 7. The Labute approximate surface area is 186 Å². The Balaban J connectivity index is 0.000000312. The van der Waals surface area contributed by atoms with Gasteiger partial charge in [-0.15, -0.1) is 0 Å². The van der Waals surface area contributed by atoms with Crippen molar-refractivity contribution in [1.29, 1.82) is 0 Å². The largest absolute Gasteiger partial charge is 0.478 e. The number of nitrogens with two attached hydrogens (primary N) is 1. The van der Waals surface area contributed by atoms with Gasteiger partial charge in [0.15, 0.2) is 0 Å². The first-order chi connectivity index (χ1) is 15.3. The molecule has 2 aromatic heterocycles. The number of hydrogen-bond donors (Lipinski definition) is 4. The van der Waals surface area contributed by atoms with E-state index in [1.807, 2.05) is 12.4 Å². The number of nitrogens with one attached hydrogen (secondary N) is 1. The van der Waals surface area contributed by atoms with Crippen LogP contribution in [0.4, 0.5) is 0 Å². The maximum absolute atomic E-state index is 9.55. The standard InChI is InChI=1S/C20H24N4.C4H4O4/c1-3-20(21,4-2)14-7-9-17(22-11-14)15-8-10-18-16(12-23-24-18)19(15)13-5-6-13;5-3(6)1-2-4(7)8/h7-13H,3-6,21H2,1-2H3,(H,23,24);1-2H,(H,5,6)(H,7,8)/b;2-1+. The fourth-order valence-corrected chi connectivity index (χ4v) is 3.72. The van der Waals surface area contributed by atoms with Crippen LogP contribution in [0.3, 0.4) is 0 Å². The summed E-state index contributed by atoms with van der Waals surface area (Å²) in [4.78, 5) is 23.9. The van der Waals surface area contributed by atoms with Gasteiger partial charge < -0.3 is 15.9 Å². The number of pyridine rings is 1. The van der Waals surface area contributed by atoms with E-state index in [9.17, 15) is 9.59 Å². The third-order valence-corrected chi connectivity index (χ3v) is 5.90. The number of aromatic nitrogens is 3. The van der Waals surface area contributed by atoms with Crippen molar-refractivity contribution in [3.63, 3.8) is 0 Å². The van der Waals surface area contributed by atoms with E-state index < -0.39 is 11.9 Å². The minimum absolute atomic E-state index is 0.278. The van der Waals surface area contributed by atoms with Gasteiger partial charge in [0.05, 0.1) is 17.4 Å². The summed E-state index contributed by atoms with van der Waals surface area (Å²) in [7, 11) is 0. The van der Waals surface area contributed by atoms with Gasteiger partial charge in [0.1, 0.15) is 0 Å². The Morgan fingerprint density at radius 3 is 2.25 bits per heavy atom. The molecule has 168 valence electrons. The molecule has 0 aliphatic heterocycles. The van der Waals surface area contributed by atoms with Crippen LogP contribution in [0.1, 0.15) is 56.6 Å². The number of carbonyl (C=O) groups is 2. The Hall–Kier alpha value is -3.52. The van der Waals surface area contributed by atoms with Gasteiger partial charge in [0, 0.05) is 34.8 Å². The van der Waals surface area contributed by atoms with Gasteiger partial charge in [0.2, 0.25) is 0 Å². The molecule has 0 amide bonds. The molecule has 0 unspecified atom stereocenters. The van der Waals surface area contributed by atoms with Gasteiger partial charge in [-0.3, -0.25) is 10.1 Å². The van der Waals surface area contributed by atoms with E-state index in [0.717, 1.165) is 29.6 Å². The van der Waals surface area contributed by atoms with Crippen LogP contribution in [0.2, 0.25) is 0 Å². The predicted molar refractivity (Wildman–Crippen MR) is 122 cm³/mol. The first-order valence-electron chi connectivity index (χ1n) is 10.6. The Morgan fingerprint density at radius 2 is 1.75 bits per heavy atom. The summed E-state index contributed by atoms with van der Waals surface area (Å²) in [6, 6.07) is 8.54. The highest BCUT2D eigenvalue weighted by atomic mass is 16.4. The molecular weight excluding hydrogens is 408 g/mol. The maximum Gasteiger partial charge on any atom is 0.328 e. The Kier molecular flexibility index (Phi) is 7.05. The summed E-state index contributed by atoms with van der Waals surface area (Å²) in [5.41, 5.74) is 12.1. The van der Waals surface area contributed by atoms with Crippen molar-refractivity contribution in [3.8, 4) is 11.3 Å². The number of H-pyrrole nitrogens is 1. The number of benzene rings is 1. The minimum Gasteiger partial charge on any atom is -0.478 e. The second kappa shape index (κ2) is 9.74. The number of aliphatic carboxylic acids is 2. The van der Waals surface area contributed by atoms with E-state index in [1.54, 1.807) is 0 Å². The number of nitrogens with zero attached hydrogens (tertiary/aromatic N) is 2. The van der Waals surface area contributed by atoms with E-state index in [1.165, 1.54) is 29.4 Å². The zero-order valence-electron chi connectivity index (χ0n) is 18.2. The molecule has 1 aromatic carbocycles. The monoisotopic (exact) mass is 436 g/mol. The van der Waals surface area contributed by atoms with Crippen LogP contribution in [-0.2, 0) is 15.1 Å². The predicted octanol–water partition coefficient (Wildman–Crippen LogP) is 4.19. The molecule has 1 fully saturated rings. The quantitative estimate of drug-likeness (QED) is 0.407. The first-order valence-corrected chi connectivity index (χ1v) is 10.6. The van der Waals surface area contributed by atoms with Crippen molar-refractivity contribution < 1.29 is 19.8 Å². The van der Waals surface area contributed by atoms with Crippen LogP contribution < -0.4 is 5.73 Å². The highest BCUT2D eigenvalue weighted by Gasteiger charge is 2.29. The summed E-state index contributed by atoms with van der Waals surface area (Å²) in [6.45, 7) is 4.27. The summed E-state index contributed by atoms with van der Waals surface area (Å²) in [6.07, 6.45) is 9.36. The molecule has 5 N–H and O–H groups in total. The molecule has 4 rings (SSSR count). The molecule has 0 radical (unpaired) electrons. The number of carboxylic acids is 2. The van der Waals surface area contributed by atoms with Crippen LogP contribution in [-0.4, -0.2) is 37.3 Å². The molecule has 1 saturated carbocycles. The third kappa shape index (κ3) is 5.20. The summed E-state index contributed by atoms with van der Waals surface area (Å²) >= 11 is 0. The van der Waals surface area contributed by atoms with Gasteiger partial charge in [-0.25, -0.2) is 9.59 Å². The first kappa shape index (κ1) is 23.1. The van der Waals surface area contributed by atoms with E-state index >= 15 is 0 Å². The fraction of sp³-hybridized carbons (Fsp3) is 0.333. The van der Waals surface area contributed by atoms with E-state index in [2.05, 4.69) is 48.3 Å². The van der Waals surface area contributed by atoms with Crippen LogP contribution in [0.25, 0.3) is 22.2 Å². The lowest BCUT2D eigenvalue weighted by molar-refractivity contribution is -0.134. The van der Waals surface area contributed by atoms with Gasteiger partial charge >= 0.3 is 11.9 Å². The lowest BCUT2D eigenvalue weighted by Gasteiger charge is -2.27. The fourth-order valence-electron chi connectivity index (χ4n) is 3.72. The second-order valence-corrected chi connectivity index (χ2v) is 7.94. The molecule has 1 aliphatic rings. The zero-order valence-corrected chi connectivity index (χ0v) is 18.2. The van der Waals surface area contributed by atoms with Crippen molar-refractivity contribution in [3.05, 3.63) is 59.9 Å². The smallest absolute Gasteiger partial charge is 0.328 e. The maximum atomic E-state index is 9.55. The van der Waals surface area contributed by atoms with Gasteiger partial charge in [-0.2, -0.15) is 5.10 Å². The van der Waals surface area contributed by atoms with Gasteiger partial charge in [0.25, 0.3) is 0 Å². The topological polar surface area (TPSA) is 142 Å². The number of fused-ring (bicyclic) bond motifs is 1. The van der Waals surface area contributed by atoms with Crippen molar-refractivity contribution in [2.24, 2.45) is 5.73 Å². The average molecular weight is 437 g/mol. The number of aromatic amines is 1. The van der Waals surface area contributed by atoms with E-state index in [-0.39, 0.29) is 5.54 Å². The molecule has 2 heterocycles. The van der Waals surface area contributed by atoms with Crippen LogP contribution >= 0.6 is 0 Å². The third-order valence-electron chi connectivity index (χ3n) is 5.90. The van der Waals surface area contributed by atoms with Crippen molar-refractivity contribution >= 4 is 22.8 Å². The van der Waals surface area contributed by atoms with Crippen molar-refractivity contribution in [2.75, 3.05) is 0 Å². The van der Waals surface area contributed by atoms with E-state index in [4.69, 9.17) is 20.9 Å². The molecule has 0 spiro atoms. The minimum atomic E-state index is -1.26.